The highest BCUT2D eigenvalue weighted by atomic mass is 32.2. The van der Waals surface area contributed by atoms with E-state index >= 15 is 0 Å². The quantitative estimate of drug-likeness (QED) is 0.800. The summed E-state index contributed by atoms with van der Waals surface area (Å²) in [4.78, 5) is 6.70. The Morgan fingerprint density at radius 2 is 2.21 bits per heavy atom. The van der Waals surface area contributed by atoms with E-state index < -0.39 is 0 Å². The smallest absolute Gasteiger partial charge is 0.195 e. The number of hydrogen-bond donors (Lipinski definition) is 1. The molecule has 0 unspecified atom stereocenters. The van der Waals surface area contributed by atoms with Crippen molar-refractivity contribution in [3.63, 3.8) is 0 Å². The fourth-order valence-corrected chi connectivity index (χ4v) is 3.82. The predicted octanol–water partition coefficient (Wildman–Crippen LogP) is 3.66. The number of imidazole rings is 1. The van der Waals surface area contributed by atoms with E-state index in [-0.39, 0.29) is 6.61 Å². The van der Waals surface area contributed by atoms with Crippen molar-refractivity contribution >= 4 is 28.1 Å². The molecule has 3 nitrogen and oxygen atoms in total. The Bertz CT molecular complexity index is 730. The van der Waals surface area contributed by atoms with Crippen LogP contribution < -0.4 is 0 Å². The molecule has 0 radical (unpaired) electrons. The third-order valence-corrected chi connectivity index (χ3v) is 4.97. The summed E-state index contributed by atoms with van der Waals surface area (Å²) in [6.07, 6.45) is 1.95. The first-order chi connectivity index (χ1) is 9.19. The zero-order valence-corrected chi connectivity index (χ0v) is 12.4. The molecule has 0 fully saturated rings. The van der Waals surface area contributed by atoms with Crippen LogP contribution in [-0.4, -0.2) is 14.5 Å². The fraction of sp³-hybridized carbons (Fsp3) is 0.214. The maximum atomic E-state index is 9.55. The van der Waals surface area contributed by atoms with Gasteiger partial charge in [-0.25, -0.2) is 4.98 Å². The second-order valence-electron chi connectivity index (χ2n) is 4.45. The second kappa shape index (κ2) is 5.00. The second-order valence-corrected chi connectivity index (χ2v) is 6.35. The summed E-state index contributed by atoms with van der Waals surface area (Å²) in [6.45, 7) is 4.20. The molecule has 0 aliphatic heterocycles. The SMILES string of the molecule is Cc1ccc(Sc2nc3sccn3c2CO)c(C)c1. The summed E-state index contributed by atoms with van der Waals surface area (Å²) in [5, 5.41) is 12.4. The summed E-state index contributed by atoms with van der Waals surface area (Å²) in [5.41, 5.74) is 3.36. The molecule has 0 bridgehead atoms. The van der Waals surface area contributed by atoms with Crippen molar-refractivity contribution in [1.82, 2.24) is 9.38 Å². The molecule has 5 heteroatoms. The molecule has 0 aliphatic rings. The van der Waals surface area contributed by atoms with Gasteiger partial charge in [-0.1, -0.05) is 29.5 Å². The Balaban J connectivity index is 2.02. The van der Waals surface area contributed by atoms with E-state index in [1.807, 2.05) is 16.0 Å². The van der Waals surface area contributed by atoms with Gasteiger partial charge in [0.1, 0.15) is 5.03 Å². The van der Waals surface area contributed by atoms with Gasteiger partial charge >= 0.3 is 0 Å². The monoisotopic (exact) mass is 290 g/mol. The number of fused-ring (bicyclic) bond motifs is 1. The molecule has 0 amide bonds. The first-order valence-corrected chi connectivity index (χ1v) is 7.69. The minimum Gasteiger partial charge on any atom is -0.390 e. The lowest BCUT2D eigenvalue weighted by atomic mass is 10.2. The molecule has 0 saturated carbocycles. The van der Waals surface area contributed by atoms with Crippen molar-refractivity contribution in [1.29, 1.82) is 0 Å². The summed E-state index contributed by atoms with van der Waals surface area (Å²) in [6, 6.07) is 6.38. The number of rotatable bonds is 3. The van der Waals surface area contributed by atoms with Gasteiger partial charge in [-0.05, 0) is 25.5 Å². The van der Waals surface area contributed by atoms with E-state index in [0.29, 0.717) is 0 Å². The number of hydrogen-bond acceptors (Lipinski definition) is 4. The van der Waals surface area contributed by atoms with Crippen LogP contribution in [0.15, 0.2) is 39.7 Å². The number of aryl methyl sites for hydroxylation is 2. The van der Waals surface area contributed by atoms with E-state index in [0.717, 1.165) is 15.7 Å². The standard InChI is InChI=1S/C14H14N2OS2/c1-9-3-4-12(10(2)7-9)19-13-11(8-17)16-5-6-18-14(16)15-13/h3-7,17H,8H2,1-2H3. The van der Waals surface area contributed by atoms with Crippen molar-refractivity contribution in [3.8, 4) is 0 Å². The Morgan fingerprint density at radius 3 is 2.95 bits per heavy atom. The van der Waals surface area contributed by atoms with Crippen LogP contribution in [0.3, 0.4) is 0 Å². The van der Waals surface area contributed by atoms with Gasteiger partial charge in [0.05, 0.1) is 12.3 Å². The molecule has 0 spiro atoms. The predicted molar refractivity (Wildman–Crippen MR) is 79.0 cm³/mol. The number of nitrogens with zero attached hydrogens (tertiary/aromatic N) is 2. The lowest BCUT2D eigenvalue weighted by Crippen LogP contribution is -1.91. The third kappa shape index (κ3) is 2.29. The lowest BCUT2D eigenvalue weighted by molar-refractivity contribution is 0.272. The molecular formula is C14H14N2OS2. The maximum Gasteiger partial charge on any atom is 0.195 e. The third-order valence-electron chi connectivity index (χ3n) is 3.01. The summed E-state index contributed by atoms with van der Waals surface area (Å²) < 4.78 is 1.95. The fourth-order valence-electron chi connectivity index (χ4n) is 2.06. The van der Waals surface area contributed by atoms with Crippen molar-refractivity contribution in [3.05, 3.63) is 46.6 Å². The summed E-state index contributed by atoms with van der Waals surface area (Å²) >= 11 is 3.20. The van der Waals surface area contributed by atoms with E-state index in [1.165, 1.54) is 16.0 Å². The Kier molecular flexibility index (Phi) is 3.35. The van der Waals surface area contributed by atoms with Gasteiger partial charge in [0.2, 0.25) is 0 Å². The molecule has 0 aliphatic carbocycles. The van der Waals surface area contributed by atoms with E-state index in [2.05, 4.69) is 37.0 Å². The highest BCUT2D eigenvalue weighted by Crippen LogP contribution is 2.33. The van der Waals surface area contributed by atoms with Gasteiger partial charge in [-0.15, -0.1) is 11.3 Å². The van der Waals surface area contributed by atoms with Crippen LogP contribution in [-0.2, 0) is 6.61 Å². The normalized spacial score (nSPS) is 11.3. The van der Waals surface area contributed by atoms with Crippen LogP contribution in [0.2, 0.25) is 0 Å². The molecule has 0 atom stereocenters. The first-order valence-electron chi connectivity index (χ1n) is 5.99. The molecule has 98 valence electrons. The summed E-state index contributed by atoms with van der Waals surface area (Å²) in [7, 11) is 0. The average molecular weight is 290 g/mol. The van der Waals surface area contributed by atoms with Crippen molar-refractivity contribution in [2.75, 3.05) is 0 Å². The summed E-state index contributed by atoms with van der Waals surface area (Å²) in [5.74, 6) is 0. The van der Waals surface area contributed by atoms with Gasteiger partial charge in [0, 0.05) is 16.5 Å². The van der Waals surface area contributed by atoms with Crippen LogP contribution in [0.4, 0.5) is 0 Å². The average Bonchev–Trinajstić information content (AvgIpc) is 2.92. The van der Waals surface area contributed by atoms with Crippen LogP contribution in [0, 0.1) is 13.8 Å². The van der Waals surface area contributed by atoms with Crippen LogP contribution in [0.1, 0.15) is 16.8 Å². The topological polar surface area (TPSA) is 37.5 Å². The van der Waals surface area contributed by atoms with Gasteiger partial charge < -0.3 is 5.11 Å². The van der Waals surface area contributed by atoms with Gasteiger partial charge in [0.25, 0.3) is 0 Å². The minimum absolute atomic E-state index is 0.00510. The number of aliphatic hydroxyl groups is 1. The molecule has 1 aromatic carbocycles. The molecular weight excluding hydrogens is 276 g/mol. The van der Waals surface area contributed by atoms with E-state index in [9.17, 15) is 5.11 Å². The van der Waals surface area contributed by atoms with Crippen molar-refractivity contribution in [2.24, 2.45) is 0 Å². The van der Waals surface area contributed by atoms with Gasteiger partial charge in [-0.3, -0.25) is 4.40 Å². The largest absolute Gasteiger partial charge is 0.390 e. The number of benzene rings is 1. The zero-order chi connectivity index (χ0) is 13.4. The number of aliphatic hydroxyl groups excluding tert-OH is 1. The highest BCUT2D eigenvalue weighted by Gasteiger charge is 2.14. The van der Waals surface area contributed by atoms with Crippen LogP contribution in [0.5, 0.6) is 0 Å². The van der Waals surface area contributed by atoms with Gasteiger partial charge in [-0.2, -0.15) is 0 Å². The Morgan fingerprint density at radius 1 is 1.37 bits per heavy atom. The van der Waals surface area contributed by atoms with Gasteiger partial charge in [0.15, 0.2) is 4.96 Å². The molecule has 0 saturated heterocycles. The minimum atomic E-state index is 0.00510. The first kappa shape index (κ1) is 12.7. The Hall–Kier alpha value is -1.30. The van der Waals surface area contributed by atoms with Crippen LogP contribution in [0.25, 0.3) is 4.96 Å². The Labute approximate surface area is 119 Å². The maximum absolute atomic E-state index is 9.55. The number of thiazole rings is 1. The zero-order valence-electron chi connectivity index (χ0n) is 10.8. The lowest BCUT2D eigenvalue weighted by Gasteiger charge is -2.05. The van der Waals surface area contributed by atoms with Crippen molar-refractivity contribution in [2.45, 2.75) is 30.4 Å². The molecule has 19 heavy (non-hydrogen) atoms. The molecule has 2 aromatic heterocycles. The van der Waals surface area contributed by atoms with Crippen LogP contribution >= 0.6 is 23.1 Å². The highest BCUT2D eigenvalue weighted by molar-refractivity contribution is 7.99. The molecule has 2 heterocycles. The number of aromatic nitrogens is 2. The molecule has 3 rings (SSSR count). The van der Waals surface area contributed by atoms with E-state index in [4.69, 9.17) is 0 Å². The molecule has 1 N–H and O–H groups in total. The van der Waals surface area contributed by atoms with Crippen molar-refractivity contribution < 1.29 is 5.11 Å². The molecule has 3 aromatic rings. The van der Waals surface area contributed by atoms with E-state index in [1.54, 1.807) is 23.1 Å².